The molecule has 2 saturated heterocycles. The maximum Gasteiger partial charge on any atom is 0.344 e. The molecule has 2 aromatic rings. The molecule has 0 spiro atoms. The van der Waals surface area contributed by atoms with E-state index in [1.807, 2.05) is 73.3 Å². The number of rotatable bonds is 10. The molecular weight excluding hydrogens is 512 g/mol. The Labute approximate surface area is 234 Å². The van der Waals surface area contributed by atoms with Crippen LogP contribution in [0.4, 0.5) is 4.79 Å². The minimum Gasteiger partial charge on any atom is -0.469 e. The molecule has 3 amide bonds. The zero-order valence-electron chi connectivity index (χ0n) is 23.0. The zero-order valence-corrected chi connectivity index (χ0v) is 23.0. The van der Waals surface area contributed by atoms with Gasteiger partial charge in [-0.1, -0.05) is 38.1 Å². The predicted octanol–water partition coefficient (Wildman–Crippen LogP) is 3.92. The smallest absolute Gasteiger partial charge is 0.344 e. The highest BCUT2D eigenvalue weighted by Crippen LogP contribution is 2.47. The molecule has 0 aromatic heterocycles. The Balaban J connectivity index is 1.54. The third kappa shape index (κ3) is 5.06. The van der Waals surface area contributed by atoms with Crippen molar-refractivity contribution in [2.24, 2.45) is 5.41 Å². The average molecular weight is 549 g/mol. The van der Waals surface area contributed by atoms with Crippen molar-refractivity contribution in [3.05, 3.63) is 60.2 Å². The van der Waals surface area contributed by atoms with E-state index in [0.29, 0.717) is 69.1 Å². The van der Waals surface area contributed by atoms with Gasteiger partial charge in [-0.05, 0) is 61.6 Å². The van der Waals surface area contributed by atoms with Gasteiger partial charge in [-0.2, -0.15) is 0 Å². The number of carbonyl (C=O) groups excluding carboxylic acids is 3. The lowest BCUT2D eigenvalue weighted by Gasteiger charge is -2.55. The number of β-lactam (4-membered cyclic amide) rings is 1. The Morgan fingerprint density at radius 1 is 1.15 bits per heavy atom. The molecule has 0 bridgehead atoms. The van der Waals surface area contributed by atoms with E-state index >= 15 is 0 Å². The maximum atomic E-state index is 14.6. The summed E-state index contributed by atoms with van der Waals surface area (Å²) in [7, 11) is 0. The summed E-state index contributed by atoms with van der Waals surface area (Å²) in [5.74, 6) is 3.45. The summed E-state index contributed by atoms with van der Waals surface area (Å²) in [4.78, 5) is 40.7. The number of fused-ring (bicyclic) bond motifs is 1. The Morgan fingerprint density at radius 2 is 1.88 bits per heavy atom. The fraction of sp³-hybridized carbons (Fsp3) is 0.467. The van der Waals surface area contributed by atoms with Crippen LogP contribution in [0.25, 0.3) is 0 Å². The average Bonchev–Trinajstić information content (AvgIpc) is 3.46. The topological polar surface area (TPSA) is 101 Å². The highest BCUT2D eigenvalue weighted by Gasteiger charge is 2.64. The van der Waals surface area contributed by atoms with Crippen molar-refractivity contribution in [1.29, 1.82) is 0 Å². The fourth-order valence-electron chi connectivity index (χ4n) is 5.80. The maximum absolute atomic E-state index is 14.6. The number of likely N-dealkylation sites (tertiary alicyclic amines) is 1. The Hall–Kier alpha value is -3.85. The monoisotopic (exact) mass is 548 g/mol. The van der Waals surface area contributed by atoms with Crippen molar-refractivity contribution in [3.8, 4) is 17.2 Å². The number of hydrogen-bond acceptors (Lipinski definition) is 8. The Bertz CT molecular complexity index is 1250. The Kier molecular flexibility index (Phi) is 8.40. The van der Waals surface area contributed by atoms with Gasteiger partial charge >= 0.3 is 6.03 Å². The van der Waals surface area contributed by atoms with Crippen molar-refractivity contribution < 1.29 is 28.6 Å². The van der Waals surface area contributed by atoms with Crippen molar-refractivity contribution >= 4 is 17.9 Å². The van der Waals surface area contributed by atoms with E-state index in [1.54, 1.807) is 5.01 Å². The summed E-state index contributed by atoms with van der Waals surface area (Å²) >= 11 is 0. The minimum atomic E-state index is -0.797. The normalized spacial score (nSPS) is 20.3. The lowest BCUT2D eigenvalue weighted by atomic mass is 9.72. The number of nitrogens with zero attached hydrogens (tertiary/aromatic N) is 3. The van der Waals surface area contributed by atoms with Gasteiger partial charge in [0.2, 0.25) is 12.7 Å². The number of urea groups is 1. The molecule has 2 fully saturated rings. The number of piperazine rings is 1. The van der Waals surface area contributed by atoms with Crippen LogP contribution >= 0.6 is 0 Å². The quantitative estimate of drug-likeness (QED) is 0.352. The third-order valence-electron chi connectivity index (χ3n) is 8.15. The molecule has 2 unspecified atom stereocenters. The highest BCUT2D eigenvalue weighted by atomic mass is 16.7. The lowest BCUT2D eigenvalue weighted by Crippen LogP contribution is -2.75. The molecule has 5 rings (SSSR count). The molecule has 1 N–H and O–H groups in total. The van der Waals surface area contributed by atoms with Crippen molar-refractivity contribution in [3.63, 3.8) is 0 Å². The standard InChI is InChI=1S/C30H36N4O6/c1-3-30(4-2)27(36)33(28(30)40-23-10-6-5-7-11-23)29(37)34(32-17-15-31-16-18-32)24(12-8-9-19-35)22-13-14-25-26(20-22)39-21-38-25/h5-7,9-11,13-14,20,24,28,31H,3-4,8,12,15-18,21H2,1-2H3. The molecule has 2 atom stereocenters. The summed E-state index contributed by atoms with van der Waals surface area (Å²) in [6, 6.07) is 14.0. The molecule has 3 heterocycles. The molecule has 3 aliphatic rings. The summed E-state index contributed by atoms with van der Waals surface area (Å²) in [6.07, 6.45) is 2.63. The largest absolute Gasteiger partial charge is 0.469 e. The first-order chi connectivity index (χ1) is 19.5. The molecule has 212 valence electrons. The SMILES string of the molecule is CCC1(CC)C(=O)N(C(=O)N(C(CCC=C=O)c2ccc3c(c2)OCO3)N2CCNCC2)C1Oc1ccccc1. The van der Waals surface area contributed by atoms with E-state index in [9.17, 15) is 14.4 Å². The van der Waals surface area contributed by atoms with Gasteiger partial charge in [0.25, 0.3) is 0 Å². The zero-order chi connectivity index (χ0) is 28.1. The van der Waals surface area contributed by atoms with E-state index < -0.39 is 23.7 Å². The van der Waals surface area contributed by atoms with Crippen molar-refractivity contribution in [2.45, 2.75) is 51.8 Å². The van der Waals surface area contributed by atoms with Crippen LogP contribution in [0.3, 0.4) is 0 Å². The van der Waals surface area contributed by atoms with E-state index in [4.69, 9.17) is 14.2 Å². The number of nitrogens with one attached hydrogen (secondary N) is 1. The van der Waals surface area contributed by atoms with Crippen LogP contribution in [-0.2, 0) is 9.59 Å². The van der Waals surface area contributed by atoms with E-state index in [2.05, 4.69) is 5.32 Å². The van der Waals surface area contributed by atoms with Gasteiger partial charge in [0.15, 0.2) is 17.7 Å². The first kappa shape index (κ1) is 27.7. The Morgan fingerprint density at radius 3 is 2.58 bits per heavy atom. The third-order valence-corrected chi connectivity index (χ3v) is 8.15. The fourth-order valence-corrected chi connectivity index (χ4v) is 5.80. The van der Waals surface area contributed by atoms with Gasteiger partial charge < -0.3 is 19.5 Å². The van der Waals surface area contributed by atoms with E-state index in [-0.39, 0.29) is 12.7 Å². The van der Waals surface area contributed by atoms with Crippen LogP contribution < -0.4 is 19.5 Å². The van der Waals surface area contributed by atoms with Gasteiger partial charge in [0.1, 0.15) is 17.1 Å². The van der Waals surface area contributed by atoms with E-state index in [0.717, 1.165) is 5.56 Å². The van der Waals surface area contributed by atoms with Gasteiger partial charge in [0, 0.05) is 26.2 Å². The van der Waals surface area contributed by atoms with Crippen LogP contribution in [0.1, 0.15) is 51.1 Å². The number of allylic oxidation sites excluding steroid dienone is 1. The second-order valence-electron chi connectivity index (χ2n) is 10.2. The number of hydrazine groups is 1. The first-order valence-electron chi connectivity index (χ1n) is 14.0. The van der Waals surface area contributed by atoms with Gasteiger partial charge in [-0.3, -0.25) is 4.79 Å². The summed E-state index contributed by atoms with van der Waals surface area (Å²) in [6.45, 7) is 6.59. The lowest BCUT2D eigenvalue weighted by molar-refractivity contribution is -0.196. The molecule has 0 aliphatic carbocycles. The molecule has 2 aromatic carbocycles. The molecule has 0 radical (unpaired) electrons. The minimum absolute atomic E-state index is 0.134. The predicted molar refractivity (Wildman–Crippen MR) is 147 cm³/mol. The first-order valence-corrected chi connectivity index (χ1v) is 14.0. The van der Waals surface area contributed by atoms with Crippen LogP contribution in [-0.4, -0.2) is 72.0 Å². The number of benzene rings is 2. The summed E-state index contributed by atoms with van der Waals surface area (Å²) < 4.78 is 17.5. The number of amides is 3. The molecule has 3 aliphatic heterocycles. The number of carbonyl (C=O) groups is 2. The summed E-state index contributed by atoms with van der Waals surface area (Å²) in [5, 5.41) is 7.01. The van der Waals surface area contributed by atoms with Crippen LogP contribution in [0, 0.1) is 5.41 Å². The van der Waals surface area contributed by atoms with Crippen LogP contribution in [0.5, 0.6) is 17.2 Å². The molecule has 10 heteroatoms. The van der Waals surface area contributed by atoms with Crippen LogP contribution in [0.15, 0.2) is 54.6 Å². The molecule has 10 nitrogen and oxygen atoms in total. The number of imide groups is 1. The molecule has 40 heavy (non-hydrogen) atoms. The van der Waals surface area contributed by atoms with Gasteiger partial charge in [0.05, 0.1) is 6.04 Å². The van der Waals surface area contributed by atoms with Gasteiger partial charge in [-0.25, -0.2) is 24.5 Å². The molecular formula is C30H36N4O6. The number of para-hydroxylation sites is 1. The summed E-state index contributed by atoms with van der Waals surface area (Å²) in [5.41, 5.74) is 0.0240. The van der Waals surface area contributed by atoms with Crippen LogP contribution in [0.2, 0.25) is 0 Å². The van der Waals surface area contributed by atoms with Gasteiger partial charge in [-0.15, -0.1) is 0 Å². The second kappa shape index (κ2) is 12.1. The van der Waals surface area contributed by atoms with E-state index in [1.165, 1.54) is 11.0 Å². The highest BCUT2D eigenvalue weighted by molar-refractivity contribution is 6.03. The number of ether oxygens (including phenoxy) is 3. The second-order valence-corrected chi connectivity index (χ2v) is 10.2. The number of hydrogen-bond donors (Lipinski definition) is 1. The van der Waals surface area contributed by atoms with Crippen molar-refractivity contribution in [1.82, 2.24) is 20.2 Å². The molecule has 0 saturated carbocycles. The van der Waals surface area contributed by atoms with Crippen molar-refractivity contribution in [2.75, 3.05) is 33.0 Å².